The Morgan fingerprint density at radius 3 is 2.36 bits per heavy atom. The summed E-state index contributed by atoms with van der Waals surface area (Å²) >= 11 is 0. The Hall–Kier alpha value is -3.60. The number of anilines is 1. The lowest BCUT2D eigenvalue weighted by atomic mass is 9.83. The molecular weight excluding hydrogens is 448 g/mol. The molecular formula is C31H36N2O3. The van der Waals surface area contributed by atoms with Gasteiger partial charge < -0.3 is 15.0 Å². The number of likely N-dealkylation sites (tertiary alicyclic amines) is 1. The van der Waals surface area contributed by atoms with Crippen LogP contribution in [0.2, 0.25) is 0 Å². The normalized spacial score (nSPS) is 18.0. The zero-order chi connectivity index (χ0) is 25.9. The van der Waals surface area contributed by atoms with Crippen LogP contribution >= 0.6 is 0 Å². The molecule has 1 N–H and O–H groups in total. The number of benzene rings is 3. The number of nitrogens with zero attached hydrogens (tertiary/aromatic N) is 1. The van der Waals surface area contributed by atoms with E-state index in [0.717, 1.165) is 34.5 Å². The minimum Gasteiger partial charge on any atom is -0.497 e. The molecule has 0 spiro atoms. The first-order valence-corrected chi connectivity index (χ1v) is 12.6. The summed E-state index contributed by atoms with van der Waals surface area (Å²) in [4.78, 5) is 29.4. The number of piperidine rings is 1. The number of hydrogen-bond donors (Lipinski definition) is 1. The van der Waals surface area contributed by atoms with Crippen molar-refractivity contribution in [2.24, 2.45) is 5.92 Å². The molecule has 5 heteroatoms. The average molecular weight is 485 g/mol. The fourth-order valence-corrected chi connectivity index (χ4v) is 4.98. The maximum atomic E-state index is 13.8. The van der Waals surface area contributed by atoms with Crippen LogP contribution in [0, 0.1) is 12.8 Å². The molecule has 1 saturated heterocycles. The van der Waals surface area contributed by atoms with Crippen LogP contribution in [0.25, 0.3) is 0 Å². The van der Waals surface area contributed by atoms with E-state index in [1.165, 1.54) is 0 Å². The number of methoxy groups -OCH3 is 1. The minimum absolute atomic E-state index is 0.0199. The molecule has 0 aromatic heterocycles. The van der Waals surface area contributed by atoms with Gasteiger partial charge in [0, 0.05) is 17.8 Å². The number of carbonyl (C=O) groups excluding carboxylic acids is 2. The van der Waals surface area contributed by atoms with Crippen molar-refractivity contribution < 1.29 is 14.3 Å². The molecule has 1 heterocycles. The summed E-state index contributed by atoms with van der Waals surface area (Å²) in [6.45, 7) is 9.02. The Balaban J connectivity index is 1.69. The fraction of sp³-hybridized carbons (Fsp3) is 0.355. The van der Waals surface area contributed by atoms with Crippen LogP contribution in [0.4, 0.5) is 5.69 Å². The molecule has 0 aliphatic carbocycles. The third-order valence-corrected chi connectivity index (χ3v) is 7.06. The number of hydrogen-bond acceptors (Lipinski definition) is 3. The van der Waals surface area contributed by atoms with E-state index < -0.39 is 0 Å². The van der Waals surface area contributed by atoms with Crippen molar-refractivity contribution in [1.29, 1.82) is 0 Å². The third-order valence-electron chi connectivity index (χ3n) is 7.06. The zero-order valence-electron chi connectivity index (χ0n) is 21.9. The van der Waals surface area contributed by atoms with Crippen molar-refractivity contribution in [2.45, 2.75) is 52.0 Å². The van der Waals surface area contributed by atoms with E-state index in [1.54, 1.807) is 7.11 Å². The number of rotatable bonds is 5. The van der Waals surface area contributed by atoms with E-state index in [-0.39, 0.29) is 29.2 Å². The second-order valence-electron chi connectivity index (χ2n) is 10.6. The Kier molecular flexibility index (Phi) is 7.48. The molecule has 188 valence electrons. The van der Waals surface area contributed by atoms with E-state index in [2.05, 4.69) is 32.2 Å². The molecule has 0 saturated carbocycles. The topological polar surface area (TPSA) is 58.6 Å². The van der Waals surface area contributed by atoms with Gasteiger partial charge >= 0.3 is 0 Å². The van der Waals surface area contributed by atoms with Gasteiger partial charge in [0.15, 0.2) is 0 Å². The van der Waals surface area contributed by atoms with Crippen molar-refractivity contribution in [1.82, 2.24) is 4.90 Å². The van der Waals surface area contributed by atoms with Crippen LogP contribution in [0.3, 0.4) is 0 Å². The molecule has 0 radical (unpaired) electrons. The SMILES string of the molecule is COc1ccc(C2C(C(=O)Nc3cccc(C(C)(C)C)c3)CCCN2C(=O)c2ccccc2C)cc1. The van der Waals surface area contributed by atoms with Crippen LogP contribution in [0.1, 0.15) is 66.7 Å². The lowest BCUT2D eigenvalue weighted by Crippen LogP contribution is -2.46. The number of ether oxygens (including phenoxy) is 1. The van der Waals surface area contributed by atoms with Gasteiger partial charge in [0.05, 0.1) is 19.1 Å². The monoisotopic (exact) mass is 484 g/mol. The summed E-state index contributed by atoms with van der Waals surface area (Å²) in [6.07, 6.45) is 1.48. The summed E-state index contributed by atoms with van der Waals surface area (Å²) in [5, 5.41) is 3.16. The highest BCUT2D eigenvalue weighted by Gasteiger charge is 2.40. The standard InChI is InChI=1S/C31H36N2O3/c1-21-10-6-7-13-26(21)30(35)33-19-9-14-27(28(33)22-15-17-25(36-5)18-16-22)29(34)32-24-12-8-11-23(20-24)31(2,3)4/h6-8,10-13,15-18,20,27-28H,9,14,19H2,1-5H3,(H,32,34). The van der Waals surface area contributed by atoms with Crippen molar-refractivity contribution >= 4 is 17.5 Å². The summed E-state index contributed by atoms with van der Waals surface area (Å²) < 4.78 is 5.35. The maximum absolute atomic E-state index is 13.8. The van der Waals surface area contributed by atoms with Crippen LogP contribution in [-0.2, 0) is 10.2 Å². The second-order valence-corrected chi connectivity index (χ2v) is 10.6. The summed E-state index contributed by atoms with van der Waals surface area (Å²) in [5.41, 5.74) is 4.46. The quantitative estimate of drug-likeness (QED) is 0.448. The molecule has 2 unspecified atom stereocenters. The van der Waals surface area contributed by atoms with Gasteiger partial charge in [0.1, 0.15) is 5.75 Å². The largest absolute Gasteiger partial charge is 0.497 e. The molecule has 3 aromatic rings. The van der Waals surface area contributed by atoms with E-state index in [1.807, 2.05) is 78.6 Å². The highest BCUT2D eigenvalue weighted by Crippen LogP contribution is 2.39. The summed E-state index contributed by atoms with van der Waals surface area (Å²) in [5.74, 6) is 0.259. The molecule has 2 amide bonds. The Morgan fingerprint density at radius 1 is 0.972 bits per heavy atom. The van der Waals surface area contributed by atoms with Crippen LogP contribution in [-0.4, -0.2) is 30.4 Å². The molecule has 1 fully saturated rings. The predicted molar refractivity (Wildman–Crippen MR) is 144 cm³/mol. The van der Waals surface area contributed by atoms with Crippen LogP contribution < -0.4 is 10.1 Å². The van der Waals surface area contributed by atoms with Gasteiger partial charge in [-0.1, -0.05) is 63.2 Å². The van der Waals surface area contributed by atoms with Crippen molar-refractivity contribution in [3.63, 3.8) is 0 Å². The summed E-state index contributed by atoms with van der Waals surface area (Å²) in [6, 6.07) is 23.0. The smallest absolute Gasteiger partial charge is 0.254 e. The lowest BCUT2D eigenvalue weighted by Gasteiger charge is -2.41. The van der Waals surface area contributed by atoms with Gasteiger partial charge in [-0.15, -0.1) is 0 Å². The highest BCUT2D eigenvalue weighted by atomic mass is 16.5. The lowest BCUT2D eigenvalue weighted by molar-refractivity contribution is -0.123. The Labute approximate surface area is 214 Å². The number of nitrogens with one attached hydrogen (secondary N) is 1. The molecule has 2 atom stereocenters. The first-order valence-electron chi connectivity index (χ1n) is 12.6. The van der Waals surface area contributed by atoms with Crippen molar-refractivity contribution in [2.75, 3.05) is 19.0 Å². The van der Waals surface area contributed by atoms with Gasteiger partial charge in [0.2, 0.25) is 5.91 Å². The molecule has 5 nitrogen and oxygen atoms in total. The van der Waals surface area contributed by atoms with Crippen LogP contribution in [0.15, 0.2) is 72.8 Å². The van der Waals surface area contributed by atoms with E-state index in [9.17, 15) is 9.59 Å². The van der Waals surface area contributed by atoms with Gasteiger partial charge in [-0.25, -0.2) is 0 Å². The summed E-state index contributed by atoms with van der Waals surface area (Å²) in [7, 11) is 1.63. The molecule has 3 aromatic carbocycles. The molecule has 4 rings (SSSR count). The molecule has 1 aliphatic heterocycles. The van der Waals surface area contributed by atoms with E-state index in [0.29, 0.717) is 18.5 Å². The van der Waals surface area contributed by atoms with Gasteiger partial charge in [0.25, 0.3) is 5.91 Å². The number of carbonyl (C=O) groups is 2. The van der Waals surface area contributed by atoms with Crippen LogP contribution in [0.5, 0.6) is 5.75 Å². The van der Waals surface area contributed by atoms with Crippen molar-refractivity contribution in [3.05, 3.63) is 95.1 Å². The zero-order valence-corrected chi connectivity index (χ0v) is 21.9. The van der Waals surface area contributed by atoms with Gasteiger partial charge in [-0.05, 0) is 72.2 Å². The Morgan fingerprint density at radius 2 is 1.69 bits per heavy atom. The fourth-order valence-electron chi connectivity index (χ4n) is 4.98. The maximum Gasteiger partial charge on any atom is 0.254 e. The highest BCUT2D eigenvalue weighted by molar-refractivity contribution is 5.98. The van der Waals surface area contributed by atoms with Gasteiger partial charge in [-0.3, -0.25) is 9.59 Å². The molecule has 36 heavy (non-hydrogen) atoms. The predicted octanol–water partition coefficient (Wildman–Crippen LogP) is 6.53. The van der Waals surface area contributed by atoms with E-state index >= 15 is 0 Å². The second kappa shape index (κ2) is 10.6. The molecule has 1 aliphatic rings. The molecule has 0 bridgehead atoms. The third kappa shape index (κ3) is 5.46. The number of amides is 2. The first-order chi connectivity index (χ1) is 17.2. The minimum atomic E-state index is -0.376. The average Bonchev–Trinajstić information content (AvgIpc) is 2.88. The first kappa shape index (κ1) is 25.5. The van der Waals surface area contributed by atoms with Crippen molar-refractivity contribution in [3.8, 4) is 5.75 Å². The Bertz CT molecular complexity index is 1230. The van der Waals surface area contributed by atoms with E-state index in [4.69, 9.17) is 4.74 Å². The van der Waals surface area contributed by atoms with Gasteiger partial charge in [-0.2, -0.15) is 0 Å². The number of aryl methyl sites for hydroxylation is 1.